The van der Waals surface area contributed by atoms with Crippen LogP contribution >= 0.6 is 0 Å². The Morgan fingerprint density at radius 1 is 1.40 bits per heavy atom. The Balaban J connectivity index is 1.90. The van der Waals surface area contributed by atoms with Gasteiger partial charge in [0.2, 0.25) is 0 Å². The molecule has 2 rings (SSSR count). The van der Waals surface area contributed by atoms with Crippen molar-refractivity contribution in [2.24, 2.45) is 5.92 Å². The van der Waals surface area contributed by atoms with Gasteiger partial charge in [0.05, 0.1) is 12.1 Å². The normalized spacial score (nSPS) is 16.6. The Labute approximate surface area is 118 Å². The van der Waals surface area contributed by atoms with Crippen LogP contribution in [0.3, 0.4) is 0 Å². The maximum absolute atomic E-state index is 12.0. The predicted molar refractivity (Wildman–Crippen MR) is 74.1 cm³/mol. The van der Waals surface area contributed by atoms with Gasteiger partial charge in [-0.15, -0.1) is 0 Å². The molecule has 1 aliphatic carbocycles. The zero-order valence-corrected chi connectivity index (χ0v) is 12.1. The molecule has 1 amide bonds. The van der Waals surface area contributed by atoms with Gasteiger partial charge < -0.3 is 10.1 Å². The summed E-state index contributed by atoms with van der Waals surface area (Å²) in [6.07, 6.45) is 3.63. The van der Waals surface area contributed by atoms with Crippen molar-refractivity contribution in [1.29, 1.82) is 0 Å². The fourth-order valence-electron chi connectivity index (χ4n) is 2.02. The summed E-state index contributed by atoms with van der Waals surface area (Å²) in [7, 11) is 0. The van der Waals surface area contributed by atoms with E-state index in [0.717, 1.165) is 19.3 Å². The molecule has 6 nitrogen and oxygen atoms in total. The molecule has 0 bridgehead atoms. The van der Waals surface area contributed by atoms with Crippen molar-refractivity contribution < 1.29 is 14.3 Å². The highest BCUT2D eigenvalue weighted by Crippen LogP contribution is 2.27. The summed E-state index contributed by atoms with van der Waals surface area (Å²) in [5.41, 5.74) is 0. The highest BCUT2D eigenvalue weighted by Gasteiger charge is 2.29. The number of anilines is 1. The van der Waals surface area contributed by atoms with Crippen LogP contribution in [0.4, 0.5) is 5.82 Å². The molecule has 1 N–H and O–H groups in total. The van der Waals surface area contributed by atoms with Crippen LogP contribution in [0.5, 0.6) is 0 Å². The second kappa shape index (κ2) is 6.07. The minimum absolute atomic E-state index is 0.0218. The van der Waals surface area contributed by atoms with Gasteiger partial charge in [-0.25, -0.2) is 4.68 Å². The number of hydrogen-bond donors (Lipinski definition) is 1. The molecule has 20 heavy (non-hydrogen) atoms. The van der Waals surface area contributed by atoms with Gasteiger partial charge in [-0.2, -0.15) is 5.10 Å². The van der Waals surface area contributed by atoms with Crippen LogP contribution in [0.25, 0.3) is 0 Å². The number of nitrogens with one attached hydrogen (secondary N) is 1. The minimum atomic E-state index is -0.793. The van der Waals surface area contributed by atoms with Crippen LogP contribution in [-0.2, 0) is 14.3 Å². The van der Waals surface area contributed by atoms with Gasteiger partial charge in [0, 0.05) is 12.1 Å². The van der Waals surface area contributed by atoms with E-state index in [1.54, 1.807) is 23.9 Å². The Bertz CT molecular complexity index is 492. The average molecular weight is 279 g/mol. The summed E-state index contributed by atoms with van der Waals surface area (Å²) < 4.78 is 6.89. The molecule has 1 aromatic heterocycles. The quantitative estimate of drug-likeness (QED) is 0.838. The molecule has 0 spiro atoms. The monoisotopic (exact) mass is 279 g/mol. The molecule has 1 aromatic rings. The van der Waals surface area contributed by atoms with Crippen LogP contribution in [0.1, 0.15) is 46.1 Å². The molecular weight excluding hydrogens is 258 g/mol. The first-order chi connectivity index (χ1) is 9.49. The number of amides is 1. The molecule has 0 radical (unpaired) electrons. The second-order valence-electron chi connectivity index (χ2n) is 5.45. The van der Waals surface area contributed by atoms with E-state index in [2.05, 4.69) is 10.4 Å². The van der Waals surface area contributed by atoms with Crippen LogP contribution in [0, 0.1) is 5.92 Å². The molecule has 0 aromatic carbocycles. The molecule has 6 heteroatoms. The van der Waals surface area contributed by atoms with Gasteiger partial charge in [0.1, 0.15) is 5.82 Å². The lowest BCUT2D eigenvalue weighted by molar-refractivity contribution is -0.159. The van der Waals surface area contributed by atoms with E-state index < -0.39 is 6.10 Å². The number of hydrogen-bond acceptors (Lipinski definition) is 4. The molecule has 1 saturated carbocycles. The van der Waals surface area contributed by atoms with Gasteiger partial charge in [-0.05, 0) is 33.6 Å². The Kier molecular flexibility index (Phi) is 4.42. The minimum Gasteiger partial charge on any atom is -0.452 e. The summed E-state index contributed by atoms with van der Waals surface area (Å²) in [6.45, 7) is 5.54. The zero-order valence-electron chi connectivity index (χ0n) is 12.1. The van der Waals surface area contributed by atoms with Crippen molar-refractivity contribution in [2.45, 2.75) is 52.2 Å². The van der Waals surface area contributed by atoms with Crippen molar-refractivity contribution in [3.8, 4) is 0 Å². The summed E-state index contributed by atoms with van der Waals surface area (Å²) in [5, 5.41) is 6.87. The third-order valence-corrected chi connectivity index (χ3v) is 3.51. The fraction of sp³-hybridized carbons (Fsp3) is 0.643. The Hall–Kier alpha value is -1.85. The number of carbonyl (C=O) groups excluding carboxylic acids is 2. The predicted octanol–water partition coefficient (Wildman–Crippen LogP) is 2.13. The number of carbonyl (C=O) groups is 2. The molecule has 0 aliphatic heterocycles. The third kappa shape index (κ3) is 3.18. The van der Waals surface area contributed by atoms with Crippen LogP contribution in [0.2, 0.25) is 0 Å². The first kappa shape index (κ1) is 14.6. The molecule has 1 atom stereocenters. The van der Waals surface area contributed by atoms with E-state index in [1.165, 1.54) is 0 Å². The van der Waals surface area contributed by atoms with Crippen LogP contribution < -0.4 is 5.32 Å². The van der Waals surface area contributed by atoms with Crippen molar-refractivity contribution in [2.75, 3.05) is 5.32 Å². The van der Waals surface area contributed by atoms with Crippen molar-refractivity contribution >= 4 is 17.7 Å². The summed E-state index contributed by atoms with van der Waals surface area (Å²) in [5.74, 6) is -0.0145. The first-order valence-corrected chi connectivity index (χ1v) is 7.04. The van der Waals surface area contributed by atoms with Gasteiger partial charge in [0.15, 0.2) is 6.10 Å². The lowest BCUT2D eigenvalue weighted by atomic mass is 9.86. The lowest BCUT2D eigenvalue weighted by Crippen LogP contribution is -2.34. The molecular formula is C14H21N3O3. The third-order valence-electron chi connectivity index (χ3n) is 3.51. The number of aromatic nitrogens is 2. The second-order valence-corrected chi connectivity index (χ2v) is 5.45. The van der Waals surface area contributed by atoms with Gasteiger partial charge >= 0.3 is 5.97 Å². The number of rotatable bonds is 5. The van der Waals surface area contributed by atoms with E-state index in [9.17, 15) is 9.59 Å². The van der Waals surface area contributed by atoms with E-state index in [0.29, 0.717) is 5.82 Å². The number of esters is 1. The van der Waals surface area contributed by atoms with Gasteiger partial charge in [-0.3, -0.25) is 9.59 Å². The summed E-state index contributed by atoms with van der Waals surface area (Å²) >= 11 is 0. The maximum Gasteiger partial charge on any atom is 0.309 e. The highest BCUT2D eigenvalue weighted by molar-refractivity contribution is 5.94. The average Bonchev–Trinajstić information content (AvgIpc) is 2.74. The topological polar surface area (TPSA) is 73.2 Å². The SMILES string of the molecule is CC(C)n1nccc1NC(=O)[C@H](C)OC(=O)C1CCC1. The molecule has 1 fully saturated rings. The Morgan fingerprint density at radius 3 is 2.65 bits per heavy atom. The lowest BCUT2D eigenvalue weighted by Gasteiger charge is -2.25. The van der Waals surface area contributed by atoms with Gasteiger partial charge in [0.25, 0.3) is 5.91 Å². The zero-order chi connectivity index (χ0) is 14.7. The van der Waals surface area contributed by atoms with E-state index in [4.69, 9.17) is 4.74 Å². The van der Waals surface area contributed by atoms with Crippen LogP contribution in [-0.4, -0.2) is 27.8 Å². The van der Waals surface area contributed by atoms with E-state index in [-0.39, 0.29) is 23.8 Å². The number of ether oxygens (including phenoxy) is 1. The van der Waals surface area contributed by atoms with E-state index >= 15 is 0 Å². The summed E-state index contributed by atoms with van der Waals surface area (Å²) in [4.78, 5) is 23.7. The van der Waals surface area contributed by atoms with E-state index in [1.807, 2.05) is 13.8 Å². The largest absolute Gasteiger partial charge is 0.452 e. The molecule has 1 aliphatic rings. The van der Waals surface area contributed by atoms with Crippen molar-refractivity contribution in [3.63, 3.8) is 0 Å². The highest BCUT2D eigenvalue weighted by atomic mass is 16.5. The first-order valence-electron chi connectivity index (χ1n) is 7.04. The molecule has 0 unspecified atom stereocenters. The van der Waals surface area contributed by atoms with Crippen LogP contribution in [0.15, 0.2) is 12.3 Å². The van der Waals surface area contributed by atoms with Crippen molar-refractivity contribution in [1.82, 2.24) is 9.78 Å². The Morgan fingerprint density at radius 2 is 2.10 bits per heavy atom. The van der Waals surface area contributed by atoms with Crippen molar-refractivity contribution in [3.05, 3.63) is 12.3 Å². The molecule has 0 saturated heterocycles. The maximum atomic E-state index is 12.0. The van der Waals surface area contributed by atoms with Gasteiger partial charge in [-0.1, -0.05) is 6.42 Å². The molecule has 110 valence electrons. The smallest absolute Gasteiger partial charge is 0.309 e. The molecule has 1 heterocycles. The standard InChI is InChI=1S/C14H21N3O3/c1-9(2)17-12(7-8-15-17)16-13(18)10(3)20-14(19)11-5-4-6-11/h7-11H,4-6H2,1-3H3,(H,16,18)/t10-/m0/s1. The number of nitrogens with zero attached hydrogens (tertiary/aromatic N) is 2. The summed E-state index contributed by atoms with van der Waals surface area (Å²) in [6, 6.07) is 1.87. The fourth-order valence-corrected chi connectivity index (χ4v) is 2.02.